The van der Waals surface area contributed by atoms with Crippen molar-refractivity contribution in [3.05, 3.63) is 23.9 Å². The molecule has 2 N–H and O–H groups in total. The Balaban J connectivity index is 2.78. The van der Waals surface area contributed by atoms with Gasteiger partial charge in [0.25, 0.3) is 0 Å². The lowest BCUT2D eigenvalue weighted by Gasteiger charge is -2.21. The van der Waals surface area contributed by atoms with Gasteiger partial charge in [-0.3, -0.25) is 0 Å². The van der Waals surface area contributed by atoms with E-state index in [1.165, 1.54) is 6.07 Å². The van der Waals surface area contributed by atoms with Gasteiger partial charge in [0.2, 0.25) is 0 Å². The van der Waals surface area contributed by atoms with Crippen LogP contribution in [0.3, 0.4) is 0 Å². The van der Waals surface area contributed by atoms with Crippen molar-refractivity contribution < 1.29 is 13.2 Å². The number of nitrogens with two attached hydrogens (primary N) is 1. The number of pyridine rings is 1. The minimum absolute atomic E-state index is 0.550. The van der Waals surface area contributed by atoms with E-state index in [1.54, 1.807) is 0 Å². The molecule has 96 valence electrons. The van der Waals surface area contributed by atoms with Crippen LogP contribution in [0.4, 0.5) is 19.0 Å². The first kappa shape index (κ1) is 13.8. The second-order valence-corrected chi connectivity index (χ2v) is 3.62. The van der Waals surface area contributed by atoms with E-state index in [-0.39, 0.29) is 0 Å². The number of alkyl halides is 3. The average Bonchev–Trinajstić information content (AvgIpc) is 2.29. The van der Waals surface area contributed by atoms with Crippen LogP contribution in [0.5, 0.6) is 0 Å². The fourth-order valence-electron chi connectivity index (χ4n) is 1.46. The summed E-state index contributed by atoms with van der Waals surface area (Å²) in [6, 6.07) is 2.44. The highest BCUT2D eigenvalue weighted by Gasteiger charge is 2.30. The number of rotatable bonds is 5. The summed E-state index contributed by atoms with van der Waals surface area (Å²) in [4.78, 5) is 5.73. The van der Waals surface area contributed by atoms with Crippen molar-refractivity contribution in [3.8, 4) is 0 Å². The van der Waals surface area contributed by atoms with Crippen molar-refractivity contribution in [2.75, 3.05) is 24.5 Å². The van der Waals surface area contributed by atoms with E-state index >= 15 is 0 Å². The molecule has 0 spiro atoms. The molecule has 0 aromatic carbocycles. The topological polar surface area (TPSA) is 42.1 Å². The molecule has 3 nitrogen and oxygen atoms in total. The molecule has 0 unspecified atom stereocenters. The number of hydrogen-bond acceptors (Lipinski definition) is 3. The molecular weight excluding hydrogens is 231 g/mol. The number of anilines is 1. The van der Waals surface area contributed by atoms with Crippen molar-refractivity contribution in [2.24, 2.45) is 5.73 Å². The van der Waals surface area contributed by atoms with Crippen LogP contribution in [-0.2, 0) is 6.18 Å². The van der Waals surface area contributed by atoms with Gasteiger partial charge in [0.05, 0.1) is 5.56 Å². The number of aromatic nitrogens is 1. The Morgan fingerprint density at radius 2 is 2.06 bits per heavy atom. The third-order valence-corrected chi connectivity index (χ3v) is 2.41. The highest BCUT2D eigenvalue weighted by atomic mass is 19.4. The average molecular weight is 247 g/mol. The largest absolute Gasteiger partial charge is 0.417 e. The van der Waals surface area contributed by atoms with E-state index in [9.17, 15) is 13.2 Å². The van der Waals surface area contributed by atoms with E-state index in [1.807, 2.05) is 11.8 Å². The third-order valence-electron chi connectivity index (χ3n) is 2.41. The number of hydrogen-bond donors (Lipinski definition) is 1. The highest BCUT2D eigenvalue weighted by Crippen LogP contribution is 2.29. The zero-order chi connectivity index (χ0) is 12.9. The molecule has 1 aromatic rings. The summed E-state index contributed by atoms with van der Waals surface area (Å²) in [5, 5.41) is 0. The Labute approximate surface area is 98.4 Å². The molecule has 17 heavy (non-hydrogen) atoms. The van der Waals surface area contributed by atoms with Crippen LogP contribution in [0.2, 0.25) is 0 Å². The standard InChI is InChI=1S/C11H16F3N3/c1-2-17(7-3-6-15)10-5-4-9(8-16-10)11(12,13)14/h4-5,8H,2-3,6-7,15H2,1H3. The predicted molar refractivity (Wildman–Crippen MR) is 60.8 cm³/mol. The lowest BCUT2D eigenvalue weighted by Crippen LogP contribution is -2.26. The van der Waals surface area contributed by atoms with Crippen LogP contribution < -0.4 is 10.6 Å². The molecule has 0 aliphatic carbocycles. The summed E-state index contributed by atoms with van der Waals surface area (Å²) < 4.78 is 37.0. The van der Waals surface area contributed by atoms with E-state index in [0.717, 1.165) is 18.7 Å². The SMILES string of the molecule is CCN(CCCN)c1ccc(C(F)(F)F)cn1. The number of halogens is 3. The van der Waals surface area contributed by atoms with Crippen molar-refractivity contribution >= 4 is 5.82 Å². The van der Waals surface area contributed by atoms with Gasteiger partial charge < -0.3 is 10.6 Å². The fraction of sp³-hybridized carbons (Fsp3) is 0.545. The van der Waals surface area contributed by atoms with Gasteiger partial charge in [-0.05, 0) is 32.0 Å². The van der Waals surface area contributed by atoms with Gasteiger partial charge in [0, 0.05) is 19.3 Å². The van der Waals surface area contributed by atoms with Gasteiger partial charge in [-0.25, -0.2) is 4.98 Å². The molecule has 1 heterocycles. The molecule has 0 aliphatic heterocycles. The zero-order valence-corrected chi connectivity index (χ0v) is 9.67. The molecule has 0 saturated heterocycles. The van der Waals surface area contributed by atoms with Gasteiger partial charge in [-0.1, -0.05) is 0 Å². The summed E-state index contributed by atoms with van der Waals surface area (Å²) in [5.74, 6) is 0.550. The third kappa shape index (κ3) is 3.89. The minimum Gasteiger partial charge on any atom is -0.357 e. The molecule has 6 heteroatoms. The zero-order valence-electron chi connectivity index (χ0n) is 9.67. The summed E-state index contributed by atoms with van der Waals surface area (Å²) in [7, 11) is 0. The highest BCUT2D eigenvalue weighted by molar-refractivity contribution is 5.39. The molecule has 1 rings (SSSR count). The predicted octanol–water partition coefficient (Wildman–Crippen LogP) is 2.28. The van der Waals surface area contributed by atoms with E-state index in [4.69, 9.17) is 5.73 Å². The minimum atomic E-state index is -4.33. The van der Waals surface area contributed by atoms with Crippen molar-refractivity contribution in [1.29, 1.82) is 0 Å². The van der Waals surface area contributed by atoms with Crippen LogP contribution in [0.25, 0.3) is 0 Å². The van der Waals surface area contributed by atoms with Crippen molar-refractivity contribution in [2.45, 2.75) is 19.5 Å². The van der Waals surface area contributed by atoms with Gasteiger partial charge in [0.1, 0.15) is 5.82 Å². The summed E-state index contributed by atoms with van der Waals surface area (Å²) >= 11 is 0. The molecule has 0 amide bonds. The lowest BCUT2D eigenvalue weighted by atomic mass is 10.2. The van der Waals surface area contributed by atoms with Crippen molar-refractivity contribution in [3.63, 3.8) is 0 Å². The molecule has 1 aromatic heterocycles. The monoisotopic (exact) mass is 247 g/mol. The molecule has 0 bridgehead atoms. The van der Waals surface area contributed by atoms with E-state index < -0.39 is 11.7 Å². The van der Waals surface area contributed by atoms with Crippen LogP contribution in [0, 0.1) is 0 Å². The molecule has 0 saturated carbocycles. The Kier molecular flexibility index (Phi) is 4.74. The van der Waals surface area contributed by atoms with Crippen molar-refractivity contribution in [1.82, 2.24) is 4.98 Å². The molecule has 0 aliphatic rings. The molecular formula is C11H16F3N3. The number of nitrogens with zero attached hydrogens (tertiary/aromatic N) is 2. The maximum atomic E-state index is 12.3. The first-order valence-corrected chi connectivity index (χ1v) is 5.47. The second kappa shape index (κ2) is 5.86. The van der Waals surface area contributed by atoms with Crippen LogP contribution in [0.15, 0.2) is 18.3 Å². The summed E-state index contributed by atoms with van der Waals surface area (Å²) in [6.07, 6.45) is -2.68. The summed E-state index contributed by atoms with van der Waals surface area (Å²) in [6.45, 7) is 3.87. The Hall–Kier alpha value is -1.30. The lowest BCUT2D eigenvalue weighted by molar-refractivity contribution is -0.137. The quantitative estimate of drug-likeness (QED) is 0.868. The van der Waals surface area contributed by atoms with Gasteiger partial charge in [-0.2, -0.15) is 13.2 Å². The Bertz CT molecular complexity index is 335. The van der Waals surface area contributed by atoms with Crippen LogP contribution >= 0.6 is 0 Å². The first-order chi connectivity index (χ1) is 7.99. The van der Waals surface area contributed by atoms with Gasteiger partial charge in [-0.15, -0.1) is 0 Å². The van der Waals surface area contributed by atoms with Crippen LogP contribution in [0.1, 0.15) is 18.9 Å². The van der Waals surface area contributed by atoms with Gasteiger partial charge in [0.15, 0.2) is 0 Å². The first-order valence-electron chi connectivity index (χ1n) is 5.47. The molecule has 0 fully saturated rings. The second-order valence-electron chi connectivity index (χ2n) is 3.62. The fourth-order valence-corrected chi connectivity index (χ4v) is 1.46. The Morgan fingerprint density at radius 1 is 1.35 bits per heavy atom. The maximum Gasteiger partial charge on any atom is 0.417 e. The van der Waals surface area contributed by atoms with E-state index in [0.29, 0.717) is 25.5 Å². The van der Waals surface area contributed by atoms with Gasteiger partial charge >= 0.3 is 6.18 Å². The normalized spacial score (nSPS) is 11.6. The Morgan fingerprint density at radius 3 is 2.47 bits per heavy atom. The maximum absolute atomic E-state index is 12.3. The molecule has 0 atom stereocenters. The summed E-state index contributed by atoms with van der Waals surface area (Å²) in [5.41, 5.74) is 4.67. The molecule has 0 radical (unpaired) electrons. The smallest absolute Gasteiger partial charge is 0.357 e. The van der Waals surface area contributed by atoms with Crippen LogP contribution in [-0.4, -0.2) is 24.6 Å². The van der Waals surface area contributed by atoms with E-state index in [2.05, 4.69) is 4.98 Å².